The first-order chi connectivity index (χ1) is 13.2. The highest BCUT2D eigenvalue weighted by atomic mass is 19.1. The first-order valence-corrected chi connectivity index (χ1v) is 8.55. The van der Waals surface area contributed by atoms with Crippen molar-refractivity contribution in [2.75, 3.05) is 0 Å². The molecule has 1 amide bonds. The van der Waals surface area contributed by atoms with Gasteiger partial charge in [-0.1, -0.05) is 18.2 Å². The predicted molar refractivity (Wildman–Crippen MR) is 102 cm³/mol. The molecule has 0 aliphatic heterocycles. The van der Waals surface area contributed by atoms with Crippen molar-refractivity contribution in [3.8, 4) is 16.8 Å². The van der Waals surface area contributed by atoms with Crippen LogP contribution in [-0.2, 0) is 4.79 Å². The third-order valence-electron chi connectivity index (χ3n) is 4.58. The highest BCUT2D eigenvalue weighted by Crippen LogP contribution is 2.26. The van der Waals surface area contributed by atoms with Crippen molar-refractivity contribution in [1.29, 1.82) is 0 Å². The Morgan fingerprint density at radius 3 is 2.81 bits per heavy atom. The summed E-state index contributed by atoms with van der Waals surface area (Å²) in [5, 5.41) is 2.74. The zero-order chi connectivity index (χ0) is 18.8. The van der Waals surface area contributed by atoms with Crippen LogP contribution >= 0.6 is 0 Å². The van der Waals surface area contributed by atoms with Gasteiger partial charge in [-0.15, -0.1) is 0 Å². The Morgan fingerprint density at radius 1 is 1.11 bits per heavy atom. The number of carbonyl (C=O) groups is 1. The molecule has 6 heteroatoms. The molecule has 0 saturated heterocycles. The Hall–Kier alpha value is -3.54. The van der Waals surface area contributed by atoms with Gasteiger partial charge in [0.25, 0.3) is 0 Å². The summed E-state index contributed by atoms with van der Waals surface area (Å²) in [6, 6.07) is 16.8. The first kappa shape index (κ1) is 16.9. The summed E-state index contributed by atoms with van der Waals surface area (Å²) in [4.78, 5) is 18.9. The molecule has 2 aromatic heterocycles. The van der Waals surface area contributed by atoms with Crippen LogP contribution < -0.4 is 5.32 Å². The first-order valence-electron chi connectivity index (χ1n) is 8.55. The molecule has 0 unspecified atom stereocenters. The summed E-state index contributed by atoms with van der Waals surface area (Å²) < 4.78 is 16.0. The molecular formula is C21H17FN4O. The smallest absolute Gasteiger partial charge is 0.220 e. The van der Waals surface area contributed by atoms with Gasteiger partial charge in [-0.25, -0.2) is 9.97 Å². The lowest BCUT2D eigenvalue weighted by Gasteiger charge is -2.11. The number of pyridine rings is 1. The number of amides is 1. The minimum Gasteiger partial charge on any atom is -0.352 e. The van der Waals surface area contributed by atoms with Gasteiger partial charge in [0.1, 0.15) is 6.33 Å². The van der Waals surface area contributed by atoms with E-state index in [0.717, 1.165) is 27.8 Å². The fourth-order valence-electron chi connectivity index (χ4n) is 3.13. The summed E-state index contributed by atoms with van der Waals surface area (Å²) in [7, 11) is 0. The molecule has 0 saturated carbocycles. The molecular weight excluding hydrogens is 343 g/mol. The highest BCUT2D eigenvalue weighted by Gasteiger charge is 2.11. The molecule has 0 spiro atoms. The number of fused-ring (bicyclic) bond motifs is 1. The maximum atomic E-state index is 14.0. The molecule has 0 fully saturated rings. The molecule has 4 rings (SSSR count). The second-order valence-corrected chi connectivity index (χ2v) is 6.26. The van der Waals surface area contributed by atoms with E-state index in [-0.39, 0.29) is 6.04 Å². The molecule has 0 bridgehead atoms. The average Bonchev–Trinajstić information content (AvgIpc) is 3.12. The molecule has 0 radical (unpaired) electrons. The van der Waals surface area contributed by atoms with Gasteiger partial charge in [-0.05, 0) is 54.4 Å². The number of rotatable bonds is 5. The van der Waals surface area contributed by atoms with Crippen molar-refractivity contribution >= 4 is 17.4 Å². The molecule has 2 aromatic carbocycles. The number of hydrogen-bond acceptors (Lipinski definition) is 3. The quantitative estimate of drug-likeness (QED) is 0.432. The van der Waals surface area contributed by atoms with Crippen LogP contribution in [0.1, 0.15) is 18.5 Å². The van der Waals surface area contributed by atoms with Crippen molar-refractivity contribution in [2.24, 2.45) is 0 Å². The molecule has 1 atom stereocenters. The fourth-order valence-corrected chi connectivity index (χ4v) is 3.13. The maximum absolute atomic E-state index is 14.0. The van der Waals surface area contributed by atoms with Crippen LogP contribution in [0.3, 0.4) is 0 Å². The normalized spacial score (nSPS) is 12.1. The van der Waals surface area contributed by atoms with Crippen molar-refractivity contribution in [1.82, 2.24) is 19.9 Å². The van der Waals surface area contributed by atoms with Gasteiger partial charge in [-0.2, -0.15) is 4.39 Å². The molecule has 2 heterocycles. The Balaban J connectivity index is 1.76. The van der Waals surface area contributed by atoms with Gasteiger partial charge in [0.05, 0.1) is 17.1 Å². The standard InChI is InChI=1S/C21H17FN4O/c1-14(25-13-27)15-7-8-20-19(11-15)24-12-26(20)17-5-2-4-16(10-17)18-6-3-9-23-21(18)22/h2-14H,1H3,(H,25,27)/t14-/m1/s1. The van der Waals surface area contributed by atoms with Crippen LogP contribution in [0.2, 0.25) is 0 Å². The predicted octanol–water partition coefficient (Wildman–Crippen LogP) is 4.03. The number of nitrogens with zero attached hydrogens (tertiary/aromatic N) is 3. The van der Waals surface area contributed by atoms with E-state index in [1.165, 1.54) is 6.20 Å². The summed E-state index contributed by atoms with van der Waals surface area (Å²) in [6.45, 7) is 1.92. The number of hydrogen-bond donors (Lipinski definition) is 1. The van der Waals surface area contributed by atoms with Gasteiger partial charge < -0.3 is 5.32 Å². The van der Waals surface area contributed by atoms with E-state index in [9.17, 15) is 9.18 Å². The number of aromatic nitrogens is 3. The third-order valence-corrected chi connectivity index (χ3v) is 4.58. The third kappa shape index (κ3) is 3.17. The van der Waals surface area contributed by atoms with E-state index in [1.807, 2.05) is 54.0 Å². The van der Waals surface area contributed by atoms with Crippen LogP contribution in [0.25, 0.3) is 27.8 Å². The van der Waals surface area contributed by atoms with E-state index in [1.54, 1.807) is 18.5 Å². The molecule has 0 aliphatic carbocycles. The van der Waals surface area contributed by atoms with E-state index in [2.05, 4.69) is 15.3 Å². The molecule has 5 nitrogen and oxygen atoms in total. The molecule has 1 N–H and O–H groups in total. The van der Waals surface area contributed by atoms with Crippen LogP contribution in [0.4, 0.5) is 4.39 Å². The van der Waals surface area contributed by atoms with Gasteiger partial charge in [0.15, 0.2) is 0 Å². The Morgan fingerprint density at radius 2 is 2.00 bits per heavy atom. The summed E-state index contributed by atoms with van der Waals surface area (Å²) in [5.74, 6) is -0.494. The van der Waals surface area contributed by atoms with E-state index >= 15 is 0 Å². The largest absolute Gasteiger partial charge is 0.352 e. The summed E-state index contributed by atoms with van der Waals surface area (Å²) in [5.41, 5.74) is 4.82. The lowest BCUT2D eigenvalue weighted by atomic mass is 10.1. The molecule has 134 valence electrons. The van der Waals surface area contributed by atoms with Gasteiger partial charge in [0.2, 0.25) is 12.4 Å². The van der Waals surface area contributed by atoms with Crippen LogP contribution in [-0.4, -0.2) is 20.9 Å². The lowest BCUT2D eigenvalue weighted by molar-refractivity contribution is -0.110. The Kier molecular flexibility index (Phi) is 4.38. The van der Waals surface area contributed by atoms with Gasteiger partial charge in [-0.3, -0.25) is 9.36 Å². The fraction of sp³-hybridized carbons (Fsp3) is 0.0952. The second-order valence-electron chi connectivity index (χ2n) is 6.26. The van der Waals surface area contributed by atoms with Crippen molar-refractivity contribution in [3.63, 3.8) is 0 Å². The van der Waals surface area contributed by atoms with E-state index in [0.29, 0.717) is 12.0 Å². The summed E-state index contributed by atoms with van der Waals surface area (Å²) >= 11 is 0. The minimum absolute atomic E-state index is 0.0890. The SMILES string of the molecule is C[C@@H](NC=O)c1ccc2c(c1)ncn2-c1cccc(-c2cccnc2F)c1. The highest BCUT2D eigenvalue weighted by molar-refractivity contribution is 5.79. The van der Waals surface area contributed by atoms with Crippen LogP contribution in [0.5, 0.6) is 0 Å². The zero-order valence-corrected chi connectivity index (χ0v) is 14.6. The van der Waals surface area contributed by atoms with Gasteiger partial charge in [0, 0.05) is 17.4 Å². The number of imidazole rings is 1. The lowest BCUT2D eigenvalue weighted by Crippen LogP contribution is -2.15. The van der Waals surface area contributed by atoms with Crippen molar-refractivity contribution in [3.05, 3.63) is 78.6 Å². The average molecular weight is 360 g/mol. The molecule has 4 aromatic rings. The minimum atomic E-state index is -0.494. The van der Waals surface area contributed by atoms with Crippen LogP contribution in [0.15, 0.2) is 67.1 Å². The number of nitrogens with one attached hydrogen (secondary N) is 1. The molecule has 0 aliphatic rings. The number of halogens is 1. The second kappa shape index (κ2) is 6.99. The van der Waals surface area contributed by atoms with Crippen molar-refractivity contribution in [2.45, 2.75) is 13.0 Å². The van der Waals surface area contributed by atoms with Gasteiger partial charge >= 0.3 is 0 Å². The Labute approximate surface area is 155 Å². The molecule has 27 heavy (non-hydrogen) atoms. The van der Waals surface area contributed by atoms with E-state index in [4.69, 9.17) is 0 Å². The van der Waals surface area contributed by atoms with Crippen molar-refractivity contribution < 1.29 is 9.18 Å². The number of carbonyl (C=O) groups excluding carboxylic acids is 1. The maximum Gasteiger partial charge on any atom is 0.220 e. The van der Waals surface area contributed by atoms with Crippen LogP contribution in [0, 0.1) is 5.95 Å². The summed E-state index contributed by atoms with van der Waals surface area (Å²) in [6.07, 6.45) is 3.87. The Bertz CT molecular complexity index is 1120. The topological polar surface area (TPSA) is 59.8 Å². The number of benzene rings is 2. The monoisotopic (exact) mass is 360 g/mol. The van der Waals surface area contributed by atoms with E-state index < -0.39 is 5.95 Å². The zero-order valence-electron chi connectivity index (χ0n) is 14.6.